The van der Waals surface area contributed by atoms with Gasteiger partial charge < -0.3 is 4.90 Å². The molecule has 0 aliphatic carbocycles. The maximum Gasteiger partial charge on any atom is 0.246 e. The van der Waals surface area contributed by atoms with E-state index in [-0.39, 0.29) is 13.1 Å². The number of nitrogens with zero attached hydrogens (tertiary/aromatic N) is 3. The molecule has 3 rings (SSSR count). The van der Waals surface area contributed by atoms with E-state index in [1.54, 1.807) is 18.2 Å². The van der Waals surface area contributed by atoms with Gasteiger partial charge in [0, 0.05) is 31.2 Å². The Bertz CT molecular complexity index is 984. The van der Waals surface area contributed by atoms with Crippen molar-refractivity contribution in [3.8, 4) is 6.07 Å². The first-order chi connectivity index (χ1) is 12.3. The molecule has 136 valence electrons. The van der Waals surface area contributed by atoms with E-state index in [2.05, 4.69) is 6.07 Å². The topological polar surface area (TPSA) is 64.4 Å². The van der Waals surface area contributed by atoms with Crippen LogP contribution in [0.4, 0.5) is 14.5 Å². The molecule has 0 saturated carbocycles. The minimum Gasteiger partial charge on any atom is -0.368 e. The van der Waals surface area contributed by atoms with Gasteiger partial charge in [-0.15, -0.1) is 0 Å². The van der Waals surface area contributed by atoms with Crippen LogP contribution in [0, 0.1) is 23.0 Å². The molecule has 1 fully saturated rings. The Morgan fingerprint density at radius 2 is 1.73 bits per heavy atom. The SMILES string of the molecule is N#Cc1cc(Cl)ccc1N1CCN(S(=O)(=O)c2cc(F)ccc2F)CC1. The molecule has 0 aromatic heterocycles. The Hall–Kier alpha value is -2.21. The number of benzene rings is 2. The van der Waals surface area contributed by atoms with E-state index in [9.17, 15) is 22.5 Å². The summed E-state index contributed by atoms with van der Waals surface area (Å²) in [4.78, 5) is 1.19. The van der Waals surface area contributed by atoms with Crippen LogP contribution in [0.2, 0.25) is 5.02 Å². The Kier molecular flexibility index (Phi) is 5.14. The van der Waals surface area contributed by atoms with Crippen molar-refractivity contribution in [1.29, 1.82) is 5.26 Å². The molecule has 5 nitrogen and oxygen atoms in total. The predicted molar refractivity (Wildman–Crippen MR) is 93.5 cm³/mol. The van der Waals surface area contributed by atoms with Gasteiger partial charge >= 0.3 is 0 Å². The molecule has 1 aliphatic heterocycles. The molecule has 2 aromatic carbocycles. The number of anilines is 1. The number of piperazine rings is 1. The second kappa shape index (κ2) is 7.19. The van der Waals surface area contributed by atoms with Gasteiger partial charge in [-0.25, -0.2) is 17.2 Å². The highest BCUT2D eigenvalue weighted by Crippen LogP contribution is 2.27. The van der Waals surface area contributed by atoms with Crippen LogP contribution in [0.15, 0.2) is 41.3 Å². The van der Waals surface area contributed by atoms with E-state index >= 15 is 0 Å². The van der Waals surface area contributed by atoms with Gasteiger partial charge in [0.2, 0.25) is 10.0 Å². The minimum atomic E-state index is -4.14. The van der Waals surface area contributed by atoms with Gasteiger partial charge in [0.05, 0.1) is 11.3 Å². The van der Waals surface area contributed by atoms with E-state index in [4.69, 9.17) is 11.6 Å². The summed E-state index contributed by atoms with van der Waals surface area (Å²) in [6.45, 7) is 0.802. The third kappa shape index (κ3) is 3.51. The van der Waals surface area contributed by atoms with Crippen LogP contribution in [-0.4, -0.2) is 38.9 Å². The standard InChI is InChI=1S/C17H14ClF2N3O2S/c18-13-1-4-16(12(9-13)11-21)22-5-7-23(8-6-22)26(24,25)17-10-14(19)2-3-15(17)20/h1-4,9-10H,5-8H2. The van der Waals surface area contributed by atoms with Gasteiger partial charge in [-0.3, -0.25) is 0 Å². The second-order valence-electron chi connectivity index (χ2n) is 5.74. The number of nitriles is 1. The van der Waals surface area contributed by atoms with Crippen LogP contribution < -0.4 is 4.90 Å². The monoisotopic (exact) mass is 397 g/mol. The summed E-state index contributed by atoms with van der Waals surface area (Å²) in [5, 5.41) is 9.68. The predicted octanol–water partition coefficient (Wildman–Crippen LogP) is 3.00. The molecule has 1 saturated heterocycles. The Morgan fingerprint density at radius 3 is 2.38 bits per heavy atom. The van der Waals surface area contributed by atoms with Crippen molar-refractivity contribution in [2.45, 2.75) is 4.90 Å². The quantitative estimate of drug-likeness (QED) is 0.798. The largest absolute Gasteiger partial charge is 0.368 e. The van der Waals surface area contributed by atoms with Crippen LogP contribution in [-0.2, 0) is 10.0 Å². The van der Waals surface area contributed by atoms with Crippen LogP contribution in [0.5, 0.6) is 0 Å². The lowest BCUT2D eigenvalue weighted by Gasteiger charge is -2.35. The number of hydrogen-bond acceptors (Lipinski definition) is 4. The summed E-state index contributed by atoms with van der Waals surface area (Å²) in [7, 11) is -4.14. The molecule has 0 unspecified atom stereocenters. The lowest BCUT2D eigenvalue weighted by molar-refractivity contribution is 0.382. The molecule has 9 heteroatoms. The maximum atomic E-state index is 13.9. The molecule has 0 N–H and O–H groups in total. The van der Waals surface area contributed by atoms with Crippen LogP contribution in [0.1, 0.15) is 5.56 Å². The fourth-order valence-electron chi connectivity index (χ4n) is 2.86. The highest BCUT2D eigenvalue weighted by Gasteiger charge is 2.31. The van der Waals surface area contributed by atoms with E-state index in [0.29, 0.717) is 35.4 Å². The maximum absolute atomic E-state index is 13.9. The molecule has 0 spiro atoms. The van der Waals surface area contributed by atoms with Crippen molar-refractivity contribution < 1.29 is 17.2 Å². The van der Waals surface area contributed by atoms with Crippen molar-refractivity contribution in [3.63, 3.8) is 0 Å². The molecule has 0 atom stereocenters. The van der Waals surface area contributed by atoms with Gasteiger partial charge in [0.25, 0.3) is 0 Å². The molecule has 1 aliphatic rings. The third-order valence-corrected chi connectivity index (χ3v) is 6.32. The van der Waals surface area contributed by atoms with Crippen LogP contribution in [0.25, 0.3) is 0 Å². The lowest BCUT2D eigenvalue weighted by atomic mass is 10.1. The van der Waals surface area contributed by atoms with Crippen molar-refractivity contribution >= 4 is 27.3 Å². The zero-order chi connectivity index (χ0) is 18.9. The first-order valence-corrected chi connectivity index (χ1v) is 9.54. The molecule has 0 amide bonds. The summed E-state index contributed by atoms with van der Waals surface area (Å²) in [5.41, 5.74) is 1.05. The average Bonchev–Trinajstić information content (AvgIpc) is 2.63. The molecule has 1 heterocycles. The molecule has 2 aromatic rings. The van der Waals surface area contributed by atoms with Gasteiger partial charge in [-0.2, -0.15) is 9.57 Å². The molecule has 26 heavy (non-hydrogen) atoms. The van der Waals surface area contributed by atoms with E-state index in [0.717, 1.165) is 16.4 Å². The summed E-state index contributed by atoms with van der Waals surface area (Å²) < 4.78 is 53.5. The Labute approximate surface area is 155 Å². The lowest BCUT2D eigenvalue weighted by Crippen LogP contribution is -2.49. The van der Waals surface area contributed by atoms with Crippen molar-refractivity contribution in [1.82, 2.24) is 4.31 Å². The number of rotatable bonds is 3. The van der Waals surface area contributed by atoms with Crippen LogP contribution >= 0.6 is 11.6 Å². The summed E-state index contributed by atoms with van der Waals surface area (Å²) >= 11 is 5.89. The highest BCUT2D eigenvalue weighted by atomic mass is 35.5. The van der Waals surface area contributed by atoms with Crippen molar-refractivity contribution in [3.05, 3.63) is 58.6 Å². The molecule has 0 radical (unpaired) electrons. The Morgan fingerprint density at radius 1 is 1.04 bits per heavy atom. The average molecular weight is 398 g/mol. The van der Waals surface area contributed by atoms with Crippen molar-refractivity contribution in [2.24, 2.45) is 0 Å². The van der Waals surface area contributed by atoms with Crippen molar-refractivity contribution in [2.75, 3.05) is 31.1 Å². The zero-order valence-corrected chi connectivity index (χ0v) is 15.1. The minimum absolute atomic E-state index is 0.0891. The fourth-order valence-corrected chi connectivity index (χ4v) is 4.53. The van der Waals surface area contributed by atoms with Gasteiger partial charge in [0.1, 0.15) is 22.6 Å². The number of halogens is 3. The van der Waals surface area contributed by atoms with E-state index in [1.807, 2.05) is 4.90 Å². The van der Waals surface area contributed by atoms with Gasteiger partial charge in [-0.05, 0) is 36.4 Å². The number of sulfonamides is 1. The molecule has 0 bridgehead atoms. The van der Waals surface area contributed by atoms with E-state index in [1.165, 1.54) is 0 Å². The first-order valence-electron chi connectivity index (χ1n) is 7.73. The normalized spacial score (nSPS) is 15.7. The fraction of sp³-hybridized carbons (Fsp3) is 0.235. The van der Waals surface area contributed by atoms with Gasteiger partial charge in [-0.1, -0.05) is 11.6 Å². The summed E-state index contributed by atoms with van der Waals surface area (Å²) in [6, 6.07) is 9.32. The second-order valence-corrected chi connectivity index (χ2v) is 8.08. The summed E-state index contributed by atoms with van der Waals surface area (Å²) in [5.74, 6) is -1.80. The summed E-state index contributed by atoms with van der Waals surface area (Å²) in [6.07, 6.45) is 0. The zero-order valence-electron chi connectivity index (χ0n) is 13.5. The first kappa shape index (κ1) is 18.6. The number of hydrogen-bond donors (Lipinski definition) is 0. The molecular formula is C17H14ClF2N3O2S. The van der Waals surface area contributed by atoms with Crippen LogP contribution in [0.3, 0.4) is 0 Å². The smallest absolute Gasteiger partial charge is 0.246 e. The Balaban J connectivity index is 1.80. The van der Waals surface area contributed by atoms with Gasteiger partial charge in [0.15, 0.2) is 0 Å². The third-order valence-electron chi connectivity index (χ3n) is 4.17. The highest BCUT2D eigenvalue weighted by molar-refractivity contribution is 7.89. The molecular weight excluding hydrogens is 384 g/mol. The van der Waals surface area contributed by atoms with E-state index < -0.39 is 26.6 Å².